The van der Waals surface area contributed by atoms with Crippen molar-refractivity contribution in [1.82, 2.24) is 4.90 Å². The Morgan fingerprint density at radius 3 is 2.70 bits per heavy atom. The fraction of sp³-hybridized carbons (Fsp3) is 0.389. The Morgan fingerprint density at radius 2 is 1.96 bits per heavy atom. The van der Waals surface area contributed by atoms with Crippen LogP contribution in [0.25, 0.3) is 0 Å². The lowest BCUT2D eigenvalue weighted by atomic mass is 9.85. The molecule has 2 saturated heterocycles. The first-order chi connectivity index (χ1) is 11.0. The van der Waals surface area contributed by atoms with E-state index >= 15 is 0 Å². The Morgan fingerprint density at radius 1 is 1.22 bits per heavy atom. The summed E-state index contributed by atoms with van der Waals surface area (Å²) in [5.41, 5.74) is 1.25. The minimum atomic E-state index is -0.722. The van der Waals surface area contributed by atoms with Gasteiger partial charge in [-0.1, -0.05) is 30.3 Å². The van der Waals surface area contributed by atoms with Crippen molar-refractivity contribution in [1.29, 1.82) is 0 Å². The fourth-order valence-corrected chi connectivity index (χ4v) is 3.82. The second-order valence-corrected chi connectivity index (χ2v) is 6.61. The van der Waals surface area contributed by atoms with Gasteiger partial charge < -0.3 is 4.74 Å². The SMILES string of the molecule is CC1=C[C@]2(C)O[C@@H]3C(=O)N(Cc4ccccc4)C(=O)[C@@H]3[C@@H]2N=C1. The molecule has 3 aliphatic heterocycles. The Labute approximate surface area is 134 Å². The predicted molar refractivity (Wildman–Crippen MR) is 84.8 cm³/mol. The van der Waals surface area contributed by atoms with E-state index in [9.17, 15) is 9.59 Å². The second kappa shape index (κ2) is 4.86. The Kier molecular flexibility index (Phi) is 3.03. The van der Waals surface area contributed by atoms with Crippen LogP contribution in [0, 0.1) is 5.92 Å². The molecule has 0 radical (unpaired) electrons. The molecule has 0 saturated carbocycles. The smallest absolute Gasteiger partial charge is 0.259 e. The van der Waals surface area contributed by atoms with E-state index in [1.807, 2.05) is 50.3 Å². The van der Waals surface area contributed by atoms with Crippen LogP contribution in [0.2, 0.25) is 0 Å². The van der Waals surface area contributed by atoms with Crippen LogP contribution in [0.15, 0.2) is 47.0 Å². The Hall–Kier alpha value is -2.27. The van der Waals surface area contributed by atoms with Gasteiger partial charge in [-0.25, -0.2) is 0 Å². The number of carbonyl (C=O) groups excluding carboxylic acids is 2. The molecular weight excluding hydrogens is 292 g/mol. The van der Waals surface area contributed by atoms with Crippen LogP contribution in [0.1, 0.15) is 19.4 Å². The number of carbonyl (C=O) groups is 2. The summed E-state index contributed by atoms with van der Waals surface area (Å²) in [5.74, 6) is -0.944. The number of amides is 2. The van der Waals surface area contributed by atoms with E-state index in [0.29, 0.717) is 0 Å². The third-order valence-corrected chi connectivity index (χ3v) is 4.83. The zero-order valence-corrected chi connectivity index (χ0v) is 13.1. The van der Waals surface area contributed by atoms with E-state index in [0.717, 1.165) is 11.1 Å². The van der Waals surface area contributed by atoms with Crippen LogP contribution in [0.5, 0.6) is 0 Å². The average Bonchev–Trinajstić information content (AvgIpc) is 2.94. The molecule has 3 heterocycles. The van der Waals surface area contributed by atoms with Crippen LogP contribution in [0.3, 0.4) is 0 Å². The number of rotatable bonds is 2. The summed E-state index contributed by atoms with van der Waals surface area (Å²) in [7, 11) is 0. The minimum absolute atomic E-state index is 0.178. The molecule has 2 amide bonds. The maximum atomic E-state index is 12.8. The third-order valence-electron chi connectivity index (χ3n) is 4.83. The number of fused-ring (bicyclic) bond motifs is 3. The number of likely N-dealkylation sites (tertiary alicyclic amines) is 1. The highest BCUT2D eigenvalue weighted by atomic mass is 16.5. The number of benzene rings is 1. The largest absolute Gasteiger partial charge is 0.355 e. The lowest BCUT2D eigenvalue weighted by Gasteiger charge is -2.30. The first-order valence-corrected chi connectivity index (χ1v) is 7.79. The monoisotopic (exact) mass is 310 g/mol. The number of imide groups is 1. The molecule has 5 nitrogen and oxygen atoms in total. The summed E-state index contributed by atoms with van der Waals surface area (Å²) in [5, 5.41) is 0. The summed E-state index contributed by atoms with van der Waals surface area (Å²) in [6.07, 6.45) is 3.00. The maximum Gasteiger partial charge on any atom is 0.259 e. The lowest BCUT2D eigenvalue weighted by molar-refractivity contribution is -0.146. The molecule has 2 fully saturated rings. The van der Waals surface area contributed by atoms with E-state index in [4.69, 9.17) is 4.74 Å². The zero-order valence-electron chi connectivity index (χ0n) is 13.1. The highest BCUT2D eigenvalue weighted by Crippen LogP contribution is 2.45. The standard InChI is InChI=1S/C18H18N2O3/c1-11-8-18(2)15(19-9-11)13-14(23-18)17(22)20(16(13)21)10-12-6-4-3-5-7-12/h3-9,13-15H,10H2,1-2H3/t13-,14-,15-,18-/m0/s1. The van der Waals surface area contributed by atoms with Crippen LogP contribution in [-0.4, -0.2) is 40.7 Å². The van der Waals surface area contributed by atoms with Gasteiger partial charge in [0.1, 0.15) is 5.60 Å². The molecule has 0 unspecified atom stereocenters. The number of nitrogens with zero attached hydrogens (tertiary/aromatic N) is 2. The Balaban J connectivity index is 1.63. The molecular formula is C18H18N2O3. The van der Waals surface area contributed by atoms with E-state index in [2.05, 4.69) is 4.99 Å². The molecule has 0 aromatic heterocycles. The second-order valence-electron chi connectivity index (χ2n) is 6.61. The number of hydrogen-bond acceptors (Lipinski definition) is 4. The van der Waals surface area contributed by atoms with E-state index in [-0.39, 0.29) is 24.4 Å². The van der Waals surface area contributed by atoms with Gasteiger partial charge in [-0.05, 0) is 31.1 Å². The van der Waals surface area contributed by atoms with E-state index in [1.165, 1.54) is 4.90 Å². The molecule has 4 rings (SSSR count). The average molecular weight is 310 g/mol. The van der Waals surface area contributed by atoms with Crippen molar-refractivity contribution >= 4 is 18.0 Å². The molecule has 0 bridgehead atoms. The molecule has 1 aromatic rings. The zero-order chi connectivity index (χ0) is 16.2. The van der Waals surface area contributed by atoms with Crippen LogP contribution >= 0.6 is 0 Å². The van der Waals surface area contributed by atoms with Gasteiger partial charge in [-0.3, -0.25) is 19.5 Å². The molecule has 3 aliphatic rings. The number of dihydropyridines is 1. The van der Waals surface area contributed by atoms with Gasteiger partial charge in [0.2, 0.25) is 5.91 Å². The van der Waals surface area contributed by atoms with Crippen molar-refractivity contribution in [2.45, 2.75) is 38.1 Å². The third kappa shape index (κ3) is 2.07. The van der Waals surface area contributed by atoms with Gasteiger partial charge in [0.15, 0.2) is 6.10 Å². The highest BCUT2D eigenvalue weighted by molar-refractivity contribution is 6.07. The molecule has 0 N–H and O–H groups in total. The first-order valence-electron chi connectivity index (χ1n) is 7.79. The van der Waals surface area contributed by atoms with Gasteiger partial charge in [-0.2, -0.15) is 0 Å². The van der Waals surface area contributed by atoms with Crippen molar-refractivity contribution in [3.63, 3.8) is 0 Å². The van der Waals surface area contributed by atoms with Gasteiger partial charge in [-0.15, -0.1) is 0 Å². The molecule has 4 atom stereocenters. The number of hydrogen-bond donors (Lipinski definition) is 0. The normalized spacial score (nSPS) is 35.3. The van der Waals surface area contributed by atoms with Crippen molar-refractivity contribution in [3.8, 4) is 0 Å². The van der Waals surface area contributed by atoms with Crippen LogP contribution < -0.4 is 0 Å². The Bertz CT molecular complexity index is 740. The van der Waals surface area contributed by atoms with Gasteiger partial charge in [0, 0.05) is 6.21 Å². The highest BCUT2D eigenvalue weighted by Gasteiger charge is 2.63. The topological polar surface area (TPSA) is 59.0 Å². The molecule has 0 spiro atoms. The van der Waals surface area contributed by atoms with Gasteiger partial charge in [0.25, 0.3) is 5.91 Å². The summed E-state index contributed by atoms with van der Waals surface area (Å²) in [6, 6.07) is 9.19. The van der Waals surface area contributed by atoms with Crippen molar-refractivity contribution in [2.24, 2.45) is 10.9 Å². The van der Waals surface area contributed by atoms with E-state index in [1.54, 1.807) is 6.21 Å². The number of allylic oxidation sites excluding steroid dienone is 1. The van der Waals surface area contributed by atoms with Gasteiger partial charge >= 0.3 is 0 Å². The molecule has 23 heavy (non-hydrogen) atoms. The number of aliphatic imine (C=N–C) groups is 1. The van der Waals surface area contributed by atoms with Crippen LogP contribution in [0.4, 0.5) is 0 Å². The van der Waals surface area contributed by atoms with E-state index < -0.39 is 17.6 Å². The van der Waals surface area contributed by atoms with Crippen molar-refractivity contribution in [2.75, 3.05) is 0 Å². The molecule has 0 aliphatic carbocycles. The van der Waals surface area contributed by atoms with Crippen LogP contribution in [-0.2, 0) is 20.9 Å². The maximum absolute atomic E-state index is 12.8. The molecule has 5 heteroatoms. The predicted octanol–water partition coefficient (Wildman–Crippen LogP) is 1.73. The first kappa shape index (κ1) is 14.3. The lowest BCUT2D eigenvalue weighted by Crippen LogP contribution is -2.43. The van der Waals surface area contributed by atoms with Crippen molar-refractivity contribution in [3.05, 3.63) is 47.5 Å². The quantitative estimate of drug-likeness (QED) is 0.782. The molecule has 1 aromatic carbocycles. The number of ether oxygens (including phenoxy) is 1. The summed E-state index contributed by atoms with van der Waals surface area (Å²) < 4.78 is 6.00. The summed E-state index contributed by atoms with van der Waals surface area (Å²) in [6.45, 7) is 4.13. The summed E-state index contributed by atoms with van der Waals surface area (Å²) >= 11 is 0. The van der Waals surface area contributed by atoms with Crippen molar-refractivity contribution < 1.29 is 14.3 Å². The minimum Gasteiger partial charge on any atom is -0.355 e. The summed E-state index contributed by atoms with van der Waals surface area (Å²) in [4.78, 5) is 31.3. The van der Waals surface area contributed by atoms with Gasteiger partial charge in [0.05, 0.1) is 18.5 Å². The molecule has 118 valence electrons. The fourth-order valence-electron chi connectivity index (χ4n) is 3.82.